The molecule has 4 aliphatic heterocycles. The zero-order chi connectivity index (χ0) is 35.0. The van der Waals surface area contributed by atoms with Gasteiger partial charge in [0, 0.05) is 13.1 Å². The molecule has 4 saturated heterocycles. The van der Waals surface area contributed by atoms with E-state index in [0.717, 1.165) is 63.0 Å². The Morgan fingerprint density at radius 3 is 1.43 bits per heavy atom. The Hall–Kier alpha value is -3.71. The van der Waals surface area contributed by atoms with Gasteiger partial charge in [-0.25, -0.2) is 9.59 Å². The van der Waals surface area contributed by atoms with Gasteiger partial charge in [-0.3, -0.25) is 4.79 Å². The second kappa shape index (κ2) is 18.9. The van der Waals surface area contributed by atoms with Crippen LogP contribution >= 0.6 is 0 Å². The molecule has 2 amide bonds. The van der Waals surface area contributed by atoms with Crippen LogP contribution in [0.15, 0.2) is 60.7 Å². The number of amides is 2. The van der Waals surface area contributed by atoms with Crippen molar-refractivity contribution in [2.24, 2.45) is 0 Å². The van der Waals surface area contributed by atoms with E-state index in [1.165, 1.54) is 0 Å². The van der Waals surface area contributed by atoms with Crippen LogP contribution in [0.1, 0.15) is 57.6 Å². The number of nitrogens with zero attached hydrogens (tertiary/aromatic N) is 2. The van der Waals surface area contributed by atoms with Crippen molar-refractivity contribution in [3.8, 4) is 0 Å². The minimum Gasteiger partial charge on any atom is -0.462 e. The SMILES string of the molecule is CC(C)(C)OC=O.O=C(OCc1ccccc1)N1CCOC2(CCNCC2)C1.O=C(OCc1ccccc1)N1CCOC2(CCNCC2)C1. The van der Waals surface area contributed by atoms with Gasteiger partial charge in [0.2, 0.25) is 0 Å². The van der Waals surface area contributed by atoms with Gasteiger partial charge in [0.25, 0.3) is 6.47 Å². The average Bonchev–Trinajstić information content (AvgIpc) is 3.11. The summed E-state index contributed by atoms with van der Waals surface area (Å²) in [6.07, 6.45) is 3.34. The summed E-state index contributed by atoms with van der Waals surface area (Å²) < 4.78 is 27.3. The lowest BCUT2D eigenvalue weighted by molar-refractivity contribution is -0.138. The molecule has 12 heteroatoms. The topological polar surface area (TPSA) is 128 Å². The van der Waals surface area contributed by atoms with E-state index in [0.29, 0.717) is 59.1 Å². The standard InChI is InChI=1S/2C16H22N2O3.C5H10O2/c2*19-15(20-12-14-4-2-1-3-5-14)18-10-11-21-16(13-18)6-8-17-9-7-16;1-5(2,3)7-4-6/h2*1-5,17H,6-13H2;4H,1-3H3. The van der Waals surface area contributed by atoms with Crippen molar-refractivity contribution in [3.05, 3.63) is 71.8 Å². The summed E-state index contributed by atoms with van der Waals surface area (Å²) in [6.45, 7) is 14.1. The Balaban J connectivity index is 0.000000186. The lowest BCUT2D eigenvalue weighted by atomic mass is 9.90. The highest BCUT2D eigenvalue weighted by Gasteiger charge is 2.40. The van der Waals surface area contributed by atoms with Crippen LogP contribution in [-0.4, -0.2) is 111 Å². The zero-order valence-corrected chi connectivity index (χ0v) is 29.3. The number of rotatable bonds is 5. The number of carbonyl (C=O) groups is 3. The molecule has 4 heterocycles. The van der Waals surface area contributed by atoms with Crippen LogP contribution in [0.2, 0.25) is 0 Å². The first-order chi connectivity index (χ1) is 23.6. The Morgan fingerprint density at radius 2 is 1.10 bits per heavy atom. The van der Waals surface area contributed by atoms with Crippen LogP contribution in [0, 0.1) is 0 Å². The third kappa shape index (κ3) is 12.9. The van der Waals surface area contributed by atoms with Crippen LogP contribution in [0.3, 0.4) is 0 Å². The van der Waals surface area contributed by atoms with Crippen molar-refractivity contribution in [2.75, 3.05) is 65.6 Å². The Morgan fingerprint density at radius 1 is 0.714 bits per heavy atom. The van der Waals surface area contributed by atoms with Gasteiger partial charge in [0.1, 0.15) is 18.8 Å². The molecule has 0 atom stereocenters. The molecule has 4 fully saturated rings. The molecule has 0 aliphatic carbocycles. The highest BCUT2D eigenvalue weighted by molar-refractivity contribution is 5.68. The fourth-order valence-electron chi connectivity index (χ4n) is 6.14. The minimum atomic E-state index is -0.318. The summed E-state index contributed by atoms with van der Waals surface area (Å²) >= 11 is 0. The van der Waals surface area contributed by atoms with E-state index in [9.17, 15) is 14.4 Å². The van der Waals surface area contributed by atoms with Gasteiger partial charge in [0.15, 0.2) is 0 Å². The first kappa shape index (κ1) is 38.1. The van der Waals surface area contributed by atoms with Crippen molar-refractivity contribution < 1.29 is 38.1 Å². The minimum absolute atomic E-state index is 0.171. The second-order valence-electron chi connectivity index (χ2n) is 13.8. The highest BCUT2D eigenvalue weighted by Crippen LogP contribution is 2.29. The molecule has 4 aliphatic rings. The van der Waals surface area contributed by atoms with E-state index in [4.69, 9.17) is 18.9 Å². The quantitative estimate of drug-likeness (QED) is 0.344. The number of ether oxygens (including phenoxy) is 5. The van der Waals surface area contributed by atoms with Crippen LogP contribution in [0.4, 0.5) is 9.59 Å². The van der Waals surface area contributed by atoms with Gasteiger partial charge >= 0.3 is 12.2 Å². The van der Waals surface area contributed by atoms with Crippen LogP contribution < -0.4 is 10.6 Å². The third-order valence-electron chi connectivity index (χ3n) is 8.85. The number of nitrogens with one attached hydrogen (secondary N) is 2. The van der Waals surface area contributed by atoms with Crippen molar-refractivity contribution in [1.29, 1.82) is 0 Å². The van der Waals surface area contributed by atoms with Crippen molar-refractivity contribution in [1.82, 2.24) is 20.4 Å². The molecule has 12 nitrogen and oxygen atoms in total. The van der Waals surface area contributed by atoms with Gasteiger partial charge in [0.05, 0.1) is 37.5 Å². The maximum absolute atomic E-state index is 12.2. The zero-order valence-electron chi connectivity index (χ0n) is 29.3. The molecular weight excluding hydrogens is 628 g/mol. The number of piperidine rings is 2. The van der Waals surface area contributed by atoms with Gasteiger partial charge in [-0.2, -0.15) is 0 Å². The largest absolute Gasteiger partial charge is 0.462 e. The fraction of sp³-hybridized carbons (Fsp3) is 0.595. The van der Waals surface area contributed by atoms with Crippen molar-refractivity contribution in [2.45, 2.75) is 76.5 Å². The van der Waals surface area contributed by atoms with Crippen LogP contribution in [0.25, 0.3) is 0 Å². The molecule has 2 N–H and O–H groups in total. The highest BCUT2D eigenvalue weighted by atomic mass is 16.6. The fourth-order valence-corrected chi connectivity index (χ4v) is 6.14. The monoisotopic (exact) mass is 682 g/mol. The molecule has 0 unspecified atom stereocenters. The molecular formula is C37H54N4O8. The summed E-state index contributed by atoms with van der Waals surface area (Å²) in [7, 11) is 0. The number of morpholine rings is 2. The summed E-state index contributed by atoms with van der Waals surface area (Å²) in [5.41, 5.74) is 1.36. The van der Waals surface area contributed by atoms with Crippen LogP contribution in [-0.2, 0) is 41.7 Å². The molecule has 0 saturated carbocycles. The Kier molecular flexibility index (Phi) is 14.7. The number of hydrogen-bond acceptors (Lipinski definition) is 10. The number of hydrogen-bond donors (Lipinski definition) is 2. The van der Waals surface area contributed by atoms with Crippen LogP contribution in [0.5, 0.6) is 0 Å². The molecule has 2 aromatic rings. The number of benzene rings is 2. The van der Waals surface area contributed by atoms with E-state index in [1.807, 2.05) is 81.4 Å². The second-order valence-corrected chi connectivity index (χ2v) is 13.8. The smallest absolute Gasteiger partial charge is 0.410 e. The Bertz CT molecular complexity index is 1180. The molecule has 2 aromatic carbocycles. The summed E-state index contributed by atoms with van der Waals surface area (Å²) in [5.74, 6) is 0. The van der Waals surface area contributed by atoms with Crippen molar-refractivity contribution >= 4 is 18.7 Å². The molecule has 6 rings (SSSR count). The summed E-state index contributed by atoms with van der Waals surface area (Å²) in [6, 6.07) is 19.5. The molecule has 0 radical (unpaired) electrons. The lowest BCUT2D eigenvalue weighted by Gasteiger charge is -2.44. The first-order valence-corrected chi connectivity index (χ1v) is 17.3. The van der Waals surface area contributed by atoms with Crippen molar-refractivity contribution in [3.63, 3.8) is 0 Å². The molecule has 270 valence electrons. The molecule has 0 bridgehead atoms. The predicted octanol–water partition coefficient (Wildman–Crippen LogP) is 4.51. The van der Waals surface area contributed by atoms with E-state index in [1.54, 1.807) is 9.80 Å². The van der Waals surface area contributed by atoms with Gasteiger partial charge in [-0.1, -0.05) is 60.7 Å². The maximum Gasteiger partial charge on any atom is 0.410 e. The van der Waals surface area contributed by atoms with Gasteiger partial charge < -0.3 is 44.1 Å². The Labute approximate surface area is 290 Å². The molecule has 49 heavy (non-hydrogen) atoms. The predicted molar refractivity (Wildman–Crippen MR) is 185 cm³/mol. The van der Waals surface area contributed by atoms with Gasteiger partial charge in [-0.05, 0) is 83.8 Å². The van der Waals surface area contributed by atoms with E-state index >= 15 is 0 Å². The average molecular weight is 683 g/mol. The van der Waals surface area contributed by atoms with E-state index < -0.39 is 0 Å². The number of carbonyl (C=O) groups excluding carboxylic acids is 3. The first-order valence-electron chi connectivity index (χ1n) is 17.3. The normalized spacial score (nSPS) is 19.7. The summed E-state index contributed by atoms with van der Waals surface area (Å²) in [5, 5.41) is 6.66. The third-order valence-corrected chi connectivity index (χ3v) is 8.85. The maximum atomic E-state index is 12.2. The molecule has 0 aromatic heterocycles. The van der Waals surface area contributed by atoms with Gasteiger partial charge in [-0.15, -0.1) is 0 Å². The summed E-state index contributed by atoms with van der Waals surface area (Å²) in [4.78, 5) is 37.6. The molecule has 2 spiro atoms. The van der Waals surface area contributed by atoms with E-state index in [2.05, 4.69) is 15.4 Å². The van der Waals surface area contributed by atoms with E-state index in [-0.39, 0.29) is 29.0 Å². The lowest BCUT2D eigenvalue weighted by Crippen LogP contribution is -2.57.